The van der Waals surface area contributed by atoms with Gasteiger partial charge in [-0.2, -0.15) is 5.26 Å². The fraction of sp³-hybridized carbons (Fsp3) is 0.375. The van der Waals surface area contributed by atoms with Gasteiger partial charge in [-0.15, -0.1) is 10.2 Å². The molecule has 0 aliphatic rings. The van der Waals surface area contributed by atoms with Gasteiger partial charge >= 0.3 is 0 Å². The quantitative estimate of drug-likeness (QED) is 0.586. The van der Waals surface area contributed by atoms with E-state index in [9.17, 15) is 4.79 Å². The van der Waals surface area contributed by atoms with Crippen molar-refractivity contribution in [2.24, 2.45) is 5.92 Å². The molecule has 1 aromatic carbocycles. The Morgan fingerprint density at radius 2 is 2.28 bits per heavy atom. The maximum absolute atomic E-state index is 12.3. The lowest BCUT2D eigenvalue weighted by molar-refractivity contribution is -0.128. The first-order chi connectivity index (χ1) is 12.0. The van der Waals surface area contributed by atoms with Crippen LogP contribution < -0.4 is 5.84 Å². The number of nitrogen functional groups attached to an aromatic ring is 1. The van der Waals surface area contributed by atoms with Crippen molar-refractivity contribution in [3.63, 3.8) is 0 Å². The molecule has 9 heteroatoms. The minimum Gasteiger partial charge on any atom is -0.341 e. The predicted molar refractivity (Wildman–Crippen MR) is 98.4 cm³/mol. The summed E-state index contributed by atoms with van der Waals surface area (Å²) >= 11 is 7.19. The average Bonchev–Trinajstić information content (AvgIpc) is 2.97. The van der Waals surface area contributed by atoms with E-state index < -0.39 is 0 Å². The molecule has 0 radical (unpaired) electrons. The molecule has 1 amide bonds. The molecule has 1 unspecified atom stereocenters. The first-order valence-electron chi connectivity index (χ1n) is 7.72. The zero-order valence-electron chi connectivity index (χ0n) is 14.0. The van der Waals surface area contributed by atoms with Crippen molar-refractivity contribution in [2.45, 2.75) is 19.0 Å². The lowest BCUT2D eigenvalue weighted by Crippen LogP contribution is -2.35. The summed E-state index contributed by atoms with van der Waals surface area (Å²) in [7, 11) is 0. The van der Waals surface area contributed by atoms with E-state index in [1.54, 1.807) is 30.0 Å². The topological polar surface area (TPSA) is 101 Å². The van der Waals surface area contributed by atoms with Gasteiger partial charge in [0.05, 0.1) is 17.7 Å². The van der Waals surface area contributed by atoms with E-state index >= 15 is 0 Å². The van der Waals surface area contributed by atoms with Crippen molar-refractivity contribution in [3.05, 3.63) is 29.3 Å². The fourth-order valence-corrected chi connectivity index (χ4v) is 3.15. The second-order valence-electron chi connectivity index (χ2n) is 5.44. The van der Waals surface area contributed by atoms with Crippen LogP contribution in [0.15, 0.2) is 29.4 Å². The van der Waals surface area contributed by atoms with E-state index in [1.807, 2.05) is 13.0 Å². The van der Waals surface area contributed by atoms with Crippen LogP contribution in [0.2, 0.25) is 5.02 Å². The summed E-state index contributed by atoms with van der Waals surface area (Å²) in [6.07, 6.45) is 0. The Balaban J connectivity index is 2.04. The zero-order chi connectivity index (χ0) is 18.4. The van der Waals surface area contributed by atoms with Gasteiger partial charge in [-0.25, -0.2) is 4.68 Å². The minimum atomic E-state index is -0.207. The number of hydrogen-bond donors (Lipinski definition) is 1. The molecule has 1 aromatic heterocycles. The number of carbonyl (C=O) groups excluding carboxylic acids is 1. The van der Waals surface area contributed by atoms with E-state index in [-0.39, 0.29) is 17.6 Å². The molecule has 0 bridgehead atoms. The van der Waals surface area contributed by atoms with Crippen molar-refractivity contribution >= 4 is 29.3 Å². The fourth-order valence-electron chi connectivity index (χ4n) is 2.20. The number of thioether (sulfide) groups is 1. The van der Waals surface area contributed by atoms with Crippen LogP contribution in [0.1, 0.15) is 13.8 Å². The average molecular weight is 379 g/mol. The largest absolute Gasteiger partial charge is 0.341 e. The smallest absolute Gasteiger partial charge is 0.233 e. The standard InChI is InChI=1S/C16H19ClN6OS/c1-3-22(9-11(2)8-18)14(24)10-25-16-21-20-15(23(16)19)12-5-4-6-13(17)7-12/h4-7,11H,3,9-10,19H2,1-2H3. The van der Waals surface area contributed by atoms with Crippen LogP contribution in [0.4, 0.5) is 0 Å². The van der Waals surface area contributed by atoms with Gasteiger partial charge in [-0.1, -0.05) is 35.5 Å². The molecule has 0 spiro atoms. The van der Waals surface area contributed by atoms with Gasteiger partial charge in [-0.05, 0) is 26.0 Å². The number of nitrogens with two attached hydrogens (primary N) is 1. The van der Waals surface area contributed by atoms with Gasteiger partial charge in [0.2, 0.25) is 11.1 Å². The number of nitrogens with zero attached hydrogens (tertiary/aromatic N) is 5. The van der Waals surface area contributed by atoms with E-state index in [0.29, 0.717) is 29.1 Å². The summed E-state index contributed by atoms with van der Waals surface area (Å²) in [6, 6.07) is 9.28. The van der Waals surface area contributed by atoms with Crippen molar-refractivity contribution in [2.75, 3.05) is 24.7 Å². The molecule has 0 aliphatic carbocycles. The van der Waals surface area contributed by atoms with Crippen LogP contribution in [0.5, 0.6) is 0 Å². The predicted octanol–water partition coefficient (Wildman–Crippen LogP) is 2.41. The maximum Gasteiger partial charge on any atom is 0.233 e. The van der Waals surface area contributed by atoms with Crippen LogP contribution in [0.25, 0.3) is 11.4 Å². The second kappa shape index (κ2) is 8.74. The number of hydrogen-bond acceptors (Lipinski definition) is 6. The van der Waals surface area contributed by atoms with E-state index in [0.717, 1.165) is 5.56 Å². The molecule has 1 heterocycles. The van der Waals surface area contributed by atoms with Gasteiger partial charge in [0, 0.05) is 23.7 Å². The molecule has 132 valence electrons. The van der Waals surface area contributed by atoms with Crippen LogP contribution in [-0.4, -0.2) is 44.5 Å². The molecule has 0 saturated carbocycles. The molecular formula is C16H19ClN6OS. The summed E-state index contributed by atoms with van der Waals surface area (Å²) in [5, 5.41) is 18.0. The Bertz CT molecular complexity index is 787. The highest BCUT2D eigenvalue weighted by atomic mass is 35.5. The Labute approximate surface area is 155 Å². The van der Waals surface area contributed by atoms with E-state index in [1.165, 1.54) is 16.4 Å². The zero-order valence-corrected chi connectivity index (χ0v) is 15.6. The van der Waals surface area contributed by atoms with Gasteiger partial charge < -0.3 is 10.7 Å². The maximum atomic E-state index is 12.3. The number of rotatable bonds is 7. The highest BCUT2D eigenvalue weighted by Crippen LogP contribution is 2.24. The van der Waals surface area contributed by atoms with Gasteiger partial charge in [0.15, 0.2) is 5.82 Å². The first-order valence-corrected chi connectivity index (χ1v) is 9.09. The van der Waals surface area contributed by atoms with Crippen molar-refractivity contribution in [1.82, 2.24) is 19.8 Å². The summed E-state index contributed by atoms with van der Waals surface area (Å²) < 4.78 is 1.35. The van der Waals surface area contributed by atoms with Gasteiger partial charge in [0.1, 0.15) is 0 Å². The molecule has 25 heavy (non-hydrogen) atoms. The number of nitriles is 1. The number of halogens is 1. The van der Waals surface area contributed by atoms with Crippen LogP contribution >= 0.6 is 23.4 Å². The van der Waals surface area contributed by atoms with Crippen LogP contribution in [-0.2, 0) is 4.79 Å². The molecule has 0 saturated heterocycles. The molecule has 2 aromatic rings. The molecule has 0 aliphatic heterocycles. The third-order valence-corrected chi connectivity index (χ3v) is 4.68. The van der Waals surface area contributed by atoms with Crippen molar-refractivity contribution in [1.29, 1.82) is 5.26 Å². The Morgan fingerprint density at radius 1 is 1.52 bits per heavy atom. The summed E-state index contributed by atoms with van der Waals surface area (Å²) in [5.41, 5.74) is 0.749. The monoisotopic (exact) mass is 378 g/mol. The minimum absolute atomic E-state index is 0.0677. The number of aromatic nitrogens is 3. The normalized spacial score (nSPS) is 11.8. The molecule has 1 atom stereocenters. The van der Waals surface area contributed by atoms with Gasteiger partial charge in [0.25, 0.3) is 0 Å². The second-order valence-corrected chi connectivity index (χ2v) is 6.82. The van der Waals surface area contributed by atoms with E-state index in [2.05, 4.69) is 16.3 Å². The Hall–Kier alpha value is -2.24. The van der Waals surface area contributed by atoms with Crippen molar-refractivity contribution in [3.8, 4) is 17.5 Å². The Morgan fingerprint density at radius 3 is 2.92 bits per heavy atom. The highest BCUT2D eigenvalue weighted by Gasteiger charge is 2.18. The summed E-state index contributed by atoms with van der Waals surface area (Å²) in [6.45, 7) is 4.64. The van der Waals surface area contributed by atoms with E-state index in [4.69, 9.17) is 22.7 Å². The van der Waals surface area contributed by atoms with Gasteiger partial charge in [-0.3, -0.25) is 4.79 Å². The first kappa shape index (κ1) is 19.1. The number of carbonyl (C=O) groups is 1. The Kier molecular flexibility index (Phi) is 6.67. The number of benzene rings is 1. The summed E-state index contributed by atoms with van der Waals surface area (Å²) in [4.78, 5) is 14.0. The SMILES string of the molecule is CCN(CC(C)C#N)C(=O)CSc1nnc(-c2cccc(Cl)c2)n1N. The van der Waals surface area contributed by atoms with Crippen LogP contribution in [0.3, 0.4) is 0 Å². The lowest BCUT2D eigenvalue weighted by atomic mass is 10.2. The van der Waals surface area contributed by atoms with Crippen LogP contribution in [0, 0.1) is 17.2 Å². The lowest BCUT2D eigenvalue weighted by Gasteiger charge is -2.21. The highest BCUT2D eigenvalue weighted by molar-refractivity contribution is 7.99. The third-order valence-electron chi connectivity index (χ3n) is 3.52. The summed E-state index contributed by atoms with van der Waals surface area (Å²) in [5.74, 6) is 6.42. The third kappa shape index (κ3) is 4.87. The van der Waals surface area contributed by atoms with Crippen molar-refractivity contribution < 1.29 is 4.79 Å². The molecule has 2 N–H and O–H groups in total. The molecule has 0 fully saturated rings. The molecular weight excluding hydrogens is 360 g/mol. The molecule has 2 rings (SSSR count). The number of amides is 1. The molecule has 7 nitrogen and oxygen atoms in total.